The lowest BCUT2D eigenvalue weighted by Crippen LogP contribution is -2.53. The summed E-state index contributed by atoms with van der Waals surface area (Å²) in [6.45, 7) is 4.54. The molecule has 17 heavy (non-hydrogen) atoms. The molecular weight excluding hydrogens is 246 g/mol. The number of aryl methyl sites for hydroxylation is 1. The lowest BCUT2D eigenvalue weighted by Gasteiger charge is -2.23. The minimum atomic E-state index is -3.78. The van der Waals surface area contributed by atoms with Gasteiger partial charge in [-0.25, -0.2) is 8.42 Å². The summed E-state index contributed by atoms with van der Waals surface area (Å²) in [5.74, 6) is -0.234. The van der Waals surface area contributed by atoms with Crippen LogP contribution in [0.2, 0.25) is 0 Å². The van der Waals surface area contributed by atoms with Crippen LogP contribution < -0.4 is 10.5 Å². The van der Waals surface area contributed by atoms with Gasteiger partial charge in [-0.2, -0.15) is 9.82 Å². The normalized spacial score (nSPS) is 13.9. The average molecular weight is 261 g/mol. The Balaban J connectivity index is 3.08. The average Bonchev–Trinajstić information content (AvgIpc) is 2.62. The van der Waals surface area contributed by atoms with E-state index in [9.17, 15) is 8.42 Å². The van der Waals surface area contributed by atoms with Gasteiger partial charge in [0.1, 0.15) is 4.90 Å². The first-order valence-electron chi connectivity index (χ1n) is 4.72. The van der Waals surface area contributed by atoms with Gasteiger partial charge in [0.2, 0.25) is 10.0 Å². The zero-order valence-electron chi connectivity index (χ0n) is 9.72. The van der Waals surface area contributed by atoms with Crippen molar-refractivity contribution in [2.45, 2.75) is 31.2 Å². The molecule has 1 heterocycles. The van der Waals surface area contributed by atoms with Gasteiger partial charge < -0.3 is 10.9 Å². The van der Waals surface area contributed by atoms with Crippen molar-refractivity contribution in [2.75, 3.05) is 0 Å². The van der Waals surface area contributed by atoms with Crippen LogP contribution >= 0.6 is 0 Å². The highest BCUT2D eigenvalue weighted by Crippen LogP contribution is 2.14. The smallest absolute Gasteiger partial charge is 0.244 e. The second kappa shape index (κ2) is 4.34. The number of nitrogens with one attached hydrogen (secondary N) is 2. The lowest BCUT2D eigenvalue weighted by atomic mass is 10.1. The molecule has 0 amide bonds. The van der Waals surface area contributed by atoms with Crippen LogP contribution in [0.15, 0.2) is 16.2 Å². The van der Waals surface area contributed by atoms with E-state index in [-0.39, 0.29) is 10.7 Å². The summed E-state index contributed by atoms with van der Waals surface area (Å²) in [7, 11) is -3.78. The van der Waals surface area contributed by atoms with Gasteiger partial charge in [-0.3, -0.25) is 5.10 Å². The van der Waals surface area contributed by atoms with Crippen LogP contribution in [-0.4, -0.2) is 35.2 Å². The molecule has 96 valence electrons. The monoisotopic (exact) mass is 261 g/mol. The predicted molar refractivity (Wildman–Crippen MR) is 61.1 cm³/mol. The van der Waals surface area contributed by atoms with Crippen molar-refractivity contribution in [3.8, 4) is 0 Å². The van der Waals surface area contributed by atoms with E-state index in [1.807, 2.05) is 0 Å². The molecule has 0 atom stereocenters. The standard InChI is InChI=1S/C8H15N5O3S/c1-5-6(4-10-11-5)17(15,16)13-8(2,3)7(9)12-14/h4,13-14H,1-3H3,(H2,9,12)(H,10,11). The third-order valence-corrected chi connectivity index (χ3v) is 3.98. The first kappa shape index (κ1) is 13.5. The summed E-state index contributed by atoms with van der Waals surface area (Å²) in [5, 5.41) is 17.5. The largest absolute Gasteiger partial charge is 0.409 e. The van der Waals surface area contributed by atoms with Crippen molar-refractivity contribution in [2.24, 2.45) is 10.9 Å². The van der Waals surface area contributed by atoms with Crippen LogP contribution in [-0.2, 0) is 10.0 Å². The molecule has 8 nitrogen and oxygen atoms in total. The Morgan fingerprint density at radius 2 is 2.24 bits per heavy atom. The fraction of sp³-hybridized carbons (Fsp3) is 0.500. The van der Waals surface area contributed by atoms with Gasteiger partial charge in [0.15, 0.2) is 5.84 Å². The molecule has 0 radical (unpaired) electrons. The number of hydrogen-bond acceptors (Lipinski definition) is 5. The van der Waals surface area contributed by atoms with Crippen LogP contribution in [0.3, 0.4) is 0 Å². The number of H-pyrrole nitrogens is 1. The fourth-order valence-electron chi connectivity index (χ4n) is 1.18. The predicted octanol–water partition coefficient (Wildman–Crippen LogP) is -0.479. The van der Waals surface area contributed by atoms with E-state index in [1.54, 1.807) is 6.92 Å². The Kier molecular flexibility index (Phi) is 3.43. The highest BCUT2D eigenvalue weighted by molar-refractivity contribution is 7.89. The zero-order valence-corrected chi connectivity index (χ0v) is 10.5. The molecule has 9 heteroatoms. The van der Waals surface area contributed by atoms with Crippen LogP contribution in [0.1, 0.15) is 19.5 Å². The molecule has 0 fully saturated rings. The molecule has 0 saturated heterocycles. The van der Waals surface area contributed by atoms with E-state index >= 15 is 0 Å². The number of rotatable bonds is 4. The van der Waals surface area contributed by atoms with E-state index in [1.165, 1.54) is 20.0 Å². The van der Waals surface area contributed by atoms with Crippen LogP contribution in [0.5, 0.6) is 0 Å². The Bertz CT molecular complexity index is 531. The van der Waals surface area contributed by atoms with Gasteiger partial charge in [0, 0.05) is 0 Å². The molecule has 0 aromatic carbocycles. The number of aromatic nitrogens is 2. The summed E-state index contributed by atoms with van der Waals surface area (Å²) < 4.78 is 26.3. The first-order valence-corrected chi connectivity index (χ1v) is 6.21. The van der Waals surface area contributed by atoms with Gasteiger partial charge in [0.25, 0.3) is 0 Å². The third kappa shape index (κ3) is 2.74. The summed E-state index contributed by atoms with van der Waals surface area (Å²) in [6, 6.07) is 0. The summed E-state index contributed by atoms with van der Waals surface area (Å²) in [5.41, 5.74) is 4.61. The number of nitrogens with zero attached hydrogens (tertiary/aromatic N) is 2. The Morgan fingerprint density at radius 3 is 2.65 bits per heavy atom. The van der Waals surface area contributed by atoms with E-state index in [2.05, 4.69) is 20.1 Å². The summed E-state index contributed by atoms with van der Waals surface area (Å²) in [6.07, 6.45) is 1.19. The quantitative estimate of drug-likeness (QED) is 0.251. The van der Waals surface area contributed by atoms with Crippen molar-refractivity contribution >= 4 is 15.9 Å². The van der Waals surface area contributed by atoms with Crippen molar-refractivity contribution in [3.63, 3.8) is 0 Å². The molecular formula is C8H15N5O3S. The van der Waals surface area contributed by atoms with Crippen LogP contribution in [0.4, 0.5) is 0 Å². The van der Waals surface area contributed by atoms with Gasteiger partial charge in [-0.15, -0.1) is 0 Å². The van der Waals surface area contributed by atoms with Crippen molar-refractivity contribution in [3.05, 3.63) is 11.9 Å². The van der Waals surface area contributed by atoms with Crippen LogP contribution in [0, 0.1) is 6.92 Å². The Labute approximate surface area is 98.9 Å². The van der Waals surface area contributed by atoms with Gasteiger partial charge in [-0.05, 0) is 20.8 Å². The Hall–Kier alpha value is -1.61. The lowest BCUT2D eigenvalue weighted by molar-refractivity contribution is 0.312. The molecule has 0 spiro atoms. The van der Waals surface area contributed by atoms with Crippen molar-refractivity contribution in [1.29, 1.82) is 0 Å². The molecule has 1 rings (SSSR count). The van der Waals surface area contributed by atoms with Crippen molar-refractivity contribution < 1.29 is 13.6 Å². The fourth-order valence-corrected chi connectivity index (χ4v) is 2.71. The number of amidine groups is 1. The highest BCUT2D eigenvalue weighted by atomic mass is 32.2. The summed E-state index contributed by atoms with van der Waals surface area (Å²) >= 11 is 0. The number of sulfonamides is 1. The topological polar surface area (TPSA) is 133 Å². The molecule has 1 aromatic heterocycles. The van der Waals surface area contributed by atoms with Crippen LogP contribution in [0.25, 0.3) is 0 Å². The maximum atomic E-state index is 12.0. The molecule has 0 aliphatic heterocycles. The minimum absolute atomic E-state index is 0.0244. The van der Waals surface area contributed by atoms with E-state index in [0.29, 0.717) is 5.69 Å². The molecule has 0 unspecified atom stereocenters. The number of nitrogens with two attached hydrogens (primary N) is 1. The van der Waals surface area contributed by atoms with Gasteiger partial charge >= 0.3 is 0 Å². The van der Waals surface area contributed by atoms with E-state index in [4.69, 9.17) is 10.9 Å². The van der Waals surface area contributed by atoms with Crippen molar-refractivity contribution in [1.82, 2.24) is 14.9 Å². The molecule has 0 aliphatic carbocycles. The zero-order chi connectivity index (χ0) is 13.3. The molecule has 5 N–H and O–H groups in total. The number of aromatic amines is 1. The molecule has 0 aliphatic rings. The second-order valence-corrected chi connectivity index (χ2v) is 5.73. The minimum Gasteiger partial charge on any atom is -0.409 e. The molecule has 0 bridgehead atoms. The second-order valence-electron chi connectivity index (χ2n) is 4.07. The maximum Gasteiger partial charge on any atom is 0.244 e. The summed E-state index contributed by atoms with van der Waals surface area (Å²) in [4.78, 5) is 0.0244. The van der Waals surface area contributed by atoms with E-state index < -0.39 is 15.6 Å². The Morgan fingerprint density at radius 1 is 1.65 bits per heavy atom. The SMILES string of the molecule is Cc1[nH]ncc1S(=O)(=O)NC(C)(C)/C(N)=N/O. The molecule has 1 aromatic rings. The van der Waals surface area contributed by atoms with Gasteiger partial charge in [0.05, 0.1) is 17.4 Å². The van der Waals surface area contributed by atoms with E-state index in [0.717, 1.165) is 0 Å². The highest BCUT2D eigenvalue weighted by Gasteiger charge is 2.31. The third-order valence-electron chi connectivity index (χ3n) is 2.21. The first-order chi connectivity index (χ1) is 7.70. The maximum absolute atomic E-state index is 12.0. The molecule has 0 saturated carbocycles. The number of hydrogen-bond donors (Lipinski definition) is 4. The van der Waals surface area contributed by atoms with Gasteiger partial charge in [-0.1, -0.05) is 5.16 Å². The number of oxime groups is 1.